The quantitative estimate of drug-likeness (QED) is 0.371. The maximum absolute atomic E-state index is 14.8. The fourth-order valence-corrected chi connectivity index (χ4v) is 4.38. The van der Waals surface area contributed by atoms with Crippen LogP contribution in [0.1, 0.15) is 41.1 Å². The summed E-state index contributed by atoms with van der Waals surface area (Å²) < 4.78 is 99.6. The Kier molecular flexibility index (Phi) is 7.27. The van der Waals surface area contributed by atoms with Gasteiger partial charge in [0.25, 0.3) is 0 Å². The minimum atomic E-state index is -5.08. The second kappa shape index (κ2) is 10.1. The fourth-order valence-electron chi connectivity index (χ4n) is 4.38. The van der Waals surface area contributed by atoms with Crippen LogP contribution in [-0.4, -0.2) is 25.3 Å². The van der Waals surface area contributed by atoms with Crippen molar-refractivity contribution in [2.24, 2.45) is 0 Å². The van der Waals surface area contributed by atoms with E-state index in [9.17, 15) is 31.1 Å². The number of ether oxygens (including phenoxy) is 3. The summed E-state index contributed by atoms with van der Waals surface area (Å²) in [6, 6.07) is 2.73. The maximum atomic E-state index is 14.8. The second-order valence-corrected chi connectivity index (χ2v) is 8.70. The molecule has 0 amide bonds. The first-order chi connectivity index (χ1) is 17.4. The molecule has 1 aliphatic heterocycles. The van der Waals surface area contributed by atoms with Crippen molar-refractivity contribution in [3.05, 3.63) is 74.3 Å². The van der Waals surface area contributed by atoms with Gasteiger partial charge in [-0.3, -0.25) is 4.79 Å². The summed E-state index contributed by atoms with van der Waals surface area (Å²) in [5, 5.41) is 0. The van der Waals surface area contributed by atoms with Crippen molar-refractivity contribution in [1.29, 1.82) is 0 Å². The molecule has 0 radical (unpaired) electrons. The van der Waals surface area contributed by atoms with Crippen LogP contribution in [0.5, 0.6) is 17.2 Å². The molecule has 0 atom stereocenters. The summed E-state index contributed by atoms with van der Waals surface area (Å²) in [7, 11) is 1.03. The molecule has 0 saturated carbocycles. The van der Waals surface area contributed by atoms with Crippen molar-refractivity contribution in [2.45, 2.75) is 38.8 Å². The molecule has 0 bridgehead atoms. The highest BCUT2D eigenvalue weighted by molar-refractivity contribution is 5.73. The van der Waals surface area contributed by atoms with Gasteiger partial charge in [-0.05, 0) is 56.9 Å². The number of methoxy groups -OCH3 is 1. The molecule has 4 rings (SSSR count). The first-order valence-electron chi connectivity index (χ1n) is 11.4. The van der Waals surface area contributed by atoms with Crippen LogP contribution in [0.25, 0.3) is 11.3 Å². The molecular formula is C26H23F6NO4. The molecule has 2 heterocycles. The number of benzene rings is 2. The van der Waals surface area contributed by atoms with Gasteiger partial charge in [0.1, 0.15) is 11.6 Å². The Balaban J connectivity index is 2.01. The van der Waals surface area contributed by atoms with E-state index in [2.05, 4.69) is 4.98 Å². The van der Waals surface area contributed by atoms with Crippen molar-refractivity contribution < 1.29 is 40.6 Å². The van der Waals surface area contributed by atoms with E-state index in [1.807, 2.05) is 0 Å². The number of halogens is 6. The van der Waals surface area contributed by atoms with E-state index in [1.165, 1.54) is 0 Å². The van der Waals surface area contributed by atoms with Gasteiger partial charge < -0.3 is 19.2 Å². The Hall–Kier alpha value is -3.47. The molecule has 1 aromatic heterocycles. The Bertz CT molecular complexity index is 1390. The lowest BCUT2D eigenvalue weighted by molar-refractivity contribution is -0.140. The van der Waals surface area contributed by atoms with Gasteiger partial charge >= 0.3 is 6.18 Å². The van der Waals surface area contributed by atoms with E-state index in [0.717, 1.165) is 13.2 Å². The van der Waals surface area contributed by atoms with Crippen molar-refractivity contribution >= 4 is 0 Å². The number of nitrogens with one attached hydrogen (secondary N) is 1. The third kappa shape index (κ3) is 5.04. The molecule has 3 aromatic rings. The lowest BCUT2D eigenvalue weighted by Crippen LogP contribution is -2.24. The summed E-state index contributed by atoms with van der Waals surface area (Å²) in [6.45, 7) is 3.95. The SMILES string of the molecule is COc1c(Oc2cc(C(F)(F)F)c(F)cc2-c2[nH]c(C)c(C)c(=O)c2C2CCOCC2)ccc(F)c1F. The van der Waals surface area contributed by atoms with Gasteiger partial charge in [0.15, 0.2) is 17.0 Å². The van der Waals surface area contributed by atoms with Crippen LogP contribution in [0.3, 0.4) is 0 Å². The fraction of sp³-hybridized carbons (Fsp3) is 0.346. The Morgan fingerprint density at radius 1 is 1.00 bits per heavy atom. The number of H-pyrrole nitrogens is 1. The second-order valence-electron chi connectivity index (χ2n) is 8.70. The minimum Gasteiger partial charge on any atom is -0.490 e. The smallest absolute Gasteiger partial charge is 0.419 e. The summed E-state index contributed by atoms with van der Waals surface area (Å²) in [5.41, 5.74) is -1.01. The third-order valence-corrected chi connectivity index (χ3v) is 6.44. The molecule has 1 fully saturated rings. The van der Waals surface area contributed by atoms with Crippen LogP contribution in [0, 0.1) is 31.3 Å². The number of pyridine rings is 1. The standard InChI is InChI=1S/C26H23F6NO4/c1-12-13(2)33-23(21(24(12)34)14-6-8-36-9-7-14)15-10-18(28)16(26(30,31)32)11-20(15)37-19-5-4-17(27)22(29)25(19)35-3/h4-5,10-11,14H,6-9H2,1-3H3,(H,33,34). The van der Waals surface area contributed by atoms with Crippen molar-refractivity contribution in [2.75, 3.05) is 20.3 Å². The lowest BCUT2D eigenvalue weighted by Gasteiger charge is -2.26. The molecular weight excluding hydrogens is 504 g/mol. The Morgan fingerprint density at radius 3 is 2.30 bits per heavy atom. The first kappa shape index (κ1) is 26.6. The normalized spacial score (nSPS) is 14.6. The van der Waals surface area contributed by atoms with Crippen molar-refractivity contribution in [3.8, 4) is 28.5 Å². The molecule has 0 aliphatic carbocycles. The van der Waals surface area contributed by atoms with E-state index in [-0.39, 0.29) is 28.2 Å². The molecule has 0 unspecified atom stereocenters. The van der Waals surface area contributed by atoms with Crippen molar-refractivity contribution in [1.82, 2.24) is 4.98 Å². The van der Waals surface area contributed by atoms with Gasteiger partial charge in [0.05, 0.1) is 18.4 Å². The topological polar surface area (TPSA) is 60.5 Å². The van der Waals surface area contributed by atoms with E-state index >= 15 is 0 Å². The van der Waals surface area contributed by atoms with Crippen LogP contribution in [0.4, 0.5) is 26.3 Å². The van der Waals surface area contributed by atoms with Crippen LogP contribution in [0.2, 0.25) is 0 Å². The zero-order valence-corrected chi connectivity index (χ0v) is 20.1. The van der Waals surface area contributed by atoms with Gasteiger partial charge in [0, 0.05) is 35.6 Å². The predicted octanol–water partition coefficient (Wildman–Crippen LogP) is 6.79. The van der Waals surface area contributed by atoms with Gasteiger partial charge in [0.2, 0.25) is 11.6 Å². The van der Waals surface area contributed by atoms with E-state index in [0.29, 0.717) is 55.5 Å². The molecule has 5 nitrogen and oxygen atoms in total. The number of aromatic nitrogens is 1. The maximum Gasteiger partial charge on any atom is 0.419 e. The largest absolute Gasteiger partial charge is 0.490 e. The Labute approximate surface area is 208 Å². The zero-order valence-electron chi connectivity index (χ0n) is 20.1. The molecule has 2 aromatic carbocycles. The number of hydrogen-bond donors (Lipinski definition) is 1. The van der Waals surface area contributed by atoms with Crippen LogP contribution < -0.4 is 14.9 Å². The summed E-state index contributed by atoms with van der Waals surface area (Å²) in [5.74, 6) is -6.26. The molecule has 1 saturated heterocycles. The molecule has 1 N–H and O–H groups in total. The van der Waals surface area contributed by atoms with Crippen LogP contribution in [0.15, 0.2) is 29.1 Å². The number of aryl methyl sites for hydroxylation is 1. The van der Waals surface area contributed by atoms with Crippen LogP contribution >= 0.6 is 0 Å². The predicted molar refractivity (Wildman–Crippen MR) is 123 cm³/mol. The molecule has 0 spiro atoms. The summed E-state index contributed by atoms with van der Waals surface area (Å²) >= 11 is 0. The average Bonchev–Trinajstić information content (AvgIpc) is 2.85. The first-order valence-corrected chi connectivity index (χ1v) is 11.4. The highest BCUT2D eigenvalue weighted by Crippen LogP contribution is 2.44. The molecule has 1 aliphatic rings. The number of hydrogen-bond acceptors (Lipinski definition) is 4. The van der Waals surface area contributed by atoms with Crippen LogP contribution in [-0.2, 0) is 10.9 Å². The van der Waals surface area contributed by atoms with Gasteiger partial charge in [-0.1, -0.05) is 0 Å². The molecule has 11 heteroatoms. The monoisotopic (exact) mass is 527 g/mol. The number of alkyl halides is 3. The highest BCUT2D eigenvalue weighted by atomic mass is 19.4. The van der Waals surface area contributed by atoms with E-state index < -0.39 is 46.4 Å². The third-order valence-electron chi connectivity index (χ3n) is 6.44. The summed E-state index contributed by atoms with van der Waals surface area (Å²) in [4.78, 5) is 16.4. The lowest BCUT2D eigenvalue weighted by atomic mass is 9.86. The zero-order chi connectivity index (χ0) is 27.1. The van der Waals surface area contributed by atoms with Gasteiger partial charge in [-0.2, -0.15) is 17.6 Å². The Morgan fingerprint density at radius 2 is 1.68 bits per heavy atom. The van der Waals surface area contributed by atoms with Gasteiger partial charge in [-0.25, -0.2) is 8.78 Å². The van der Waals surface area contributed by atoms with E-state index in [4.69, 9.17) is 14.2 Å². The average molecular weight is 527 g/mol. The summed E-state index contributed by atoms with van der Waals surface area (Å²) in [6.07, 6.45) is -4.15. The van der Waals surface area contributed by atoms with E-state index in [1.54, 1.807) is 13.8 Å². The van der Waals surface area contributed by atoms with Gasteiger partial charge in [-0.15, -0.1) is 0 Å². The van der Waals surface area contributed by atoms with Crippen molar-refractivity contribution in [3.63, 3.8) is 0 Å². The highest BCUT2D eigenvalue weighted by Gasteiger charge is 2.36. The molecule has 198 valence electrons. The molecule has 37 heavy (non-hydrogen) atoms. The number of rotatable bonds is 5. The minimum absolute atomic E-state index is 0.0733. The number of aromatic amines is 1.